The molecule has 2 N–H and O–H groups in total. The summed E-state index contributed by atoms with van der Waals surface area (Å²) in [5.41, 5.74) is 1.20. The number of aromatic nitrogens is 5. The standard InChI is InChI=1S/C19H22N6O2S2/c26-19(25-10-5-16(6-11-25)29-18-22-13-23-24-18)27-15-3-1-14(2-4-15)7-12-28-17-20-8-9-21-17/h1-4,8-9,13,16H,5-7,10-12H2,(H,20,21)(H,22,23,24). The van der Waals surface area contributed by atoms with Crippen LogP contribution in [-0.4, -0.2) is 60.2 Å². The summed E-state index contributed by atoms with van der Waals surface area (Å²) in [4.78, 5) is 25.6. The number of hydrogen-bond acceptors (Lipinski definition) is 7. The first kappa shape index (κ1) is 19.8. The number of carbonyl (C=O) groups is 1. The number of aromatic amines is 2. The van der Waals surface area contributed by atoms with Crippen LogP contribution >= 0.6 is 23.5 Å². The zero-order valence-corrected chi connectivity index (χ0v) is 17.4. The highest BCUT2D eigenvalue weighted by Gasteiger charge is 2.25. The number of amides is 1. The molecule has 1 aliphatic heterocycles. The minimum atomic E-state index is -0.283. The molecule has 1 aliphatic rings. The number of benzene rings is 1. The van der Waals surface area contributed by atoms with Gasteiger partial charge in [-0.15, -0.1) is 0 Å². The van der Waals surface area contributed by atoms with E-state index in [0.29, 0.717) is 24.1 Å². The van der Waals surface area contributed by atoms with Crippen molar-refractivity contribution in [2.75, 3.05) is 18.8 Å². The van der Waals surface area contributed by atoms with E-state index in [1.165, 1.54) is 11.9 Å². The van der Waals surface area contributed by atoms with E-state index in [-0.39, 0.29) is 6.09 Å². The van der Waals surface area contributed by atoms with Crippen LogP contribution in [0.4, 0.5) is 4.79 Å². The van der Waals surface area contributed by atoms with Crippen molar-refractivity contribution >= 4 is 29.6 Å². The van der Waals surface area contributed by atoms with Gasteiger partial charge in [0, 0.05) is 36.5 Å². The molecule has 1 fully saturated rings. The van der Waals surface area contributed by atoms with Gasteiger partial charge in [-0.3, -0.25) is 5.10 Å². The fourth-order valence-corrected chi connectivity index (χ4v) is 4.84. The summed E-state index contributed by atoms with van der Waals surface area (Å²) in [7, 11) is 0. The summed E-state index contributed by atoms with van der Waals surface area (Å²) in [6, 6.07) is 7.73. The fourth-order valence-electron chi connectivity index (χ4n) is 3.05. The zero-order valence-electron chi connectivity index (χ0n) is 15.8. The number of hydrogen-bond donors (Lipinski definition) is 2. The molecule has 0 spiro atoms. The Morgan fingerprint density at radius 3 is 2.69 bits per heavy atom. The lowest BCUT2D eigenvalue weighted by molar-refractivity contribution is 0.143. The predicted molar refractivity (Wildman–Crippen MR) is 112 cm³/mol. The molecule has 4 rings (SSSR count). The molecule has 29 heavy (non-hydrogen) atoms. The molecule has 0 radical (unpaired) electrons. The summed E-state index contributed by atoms with van der Waals surface area (Å²) in [5, 5.41) is 8.92. The first-order valence-electron chi connectivity index (χ1n) is 9.46. The number of imidazole rings is 1. The Kier molecular flexibility index (Phi) is 6.73. The third-order valence-electron chi connectivity index (χ3n) is 4.60. The van der Waals surface area contributed by atoms with Crippen molar-refractivity contribution < 1.29 is 9.53 Å². The molecule has 2 aromatic heterocycles. The van der Waals surface area contributed by atoms with Crippen molar-refractivity contribution in [3.63, 3.8) is 0 Å². The monoisotopic (exact) mass is 430 g/mol. The van der Waals surface area contributed by atoms with Crippen LogP contribution in [0.5, 0.6) is 5.75 Å². The molecule has 3 aromatic rings. The molecule has 0 atom stereocenters. The largest absolute Gasteiger partial charge is 0.415 e. The molecule has 0 unspecified atom stereocenters. The number of rotatable bonds is 7. The molecule has 1 saturated heterocycles. The first-order valence-corrected chi connectivity index (χ1v) is 11.3. The van der Waals surface area contributed by atoms with E-state index in [4.69, 9.17) is 4.74 Å². The van der Waals surface area contributed by atoms with E-state index in [1.54, 1.807) is 34.6 Å². The summed E-state index contributed by atoms with van der Waals surface area (Å²) >= 11 is 3.37. The highest BCUT2D eigenvalue weighted by molar-refractivity contribution is 7.99. The smallest absolute Gasteiger partial charge is 0.410 e. The molecule has 152 valence electrons. The minimum Gasteiger partial charge on any atom is -0.410 e. The van der Waals surface area contributed by atoms with E-state index in [2.05, 4.69) is 25.1 Å². The van der Waals surface area contributed by atoms with Crippen LogP contribution in [0.1, 0.15) is 18.4 Å². The van der Waals surface area contributed by atoms with E-state index < -0.39 is 0 Å². The summed E-state index contributed by atoms with van der Waals surface area (Å²) in [5.74, 6) is 1.52. The van der Waals surface area contributed by atoms with Gasteiger partial charge in [-0.25, -0.2) is 14.8 Å². The highest BCUT2D eigenvalue weighted by atomic mass is 32.2. The van der Waals surface area contributed by atoms with Crippen LogP contribution in [0, 0.1) is 0 Å². The molecule has 0 bridgehead atoms. The van der Waals surface area contributed by atoms with Gasteiger partial charge < -0.3 is 14.6 Å². The van der Waals surface area contributed by atoms with Gasteiger partial charge in [0.2, 0.25) is 0 Å². The van der Waals surface area contributed by atoms with Gasteiger partial charge >= 0.3 is 6.09 Å². The van der Waals surface area contributed by atoms with Crippen molar-refractivity contribution in [3.8, 4) is 5.75 Å². The van der Waals surface area contributed by atoms with Crippen LogP contribution in [0.15, 0.2) is 53.3 Å². The predicted octanol–water partition coefficient (Wildman–Crippen LogP) is 3.62. The number of aryl methyl sites for hydroxylation is 1. The fraction of sp³-hybridized carbons (Fsp3) is 0.368. The Morgan fingerprint density at radius 2 is 2.00 bits per heavy atom. The maximum atomic E-state index is 12.4. The van der Waals surface area contributed by atoms with Crippen molar-refractivity contribution in [3.05, 3.63) is 48.5 Å². The zero-order chi connectivity index (χ0) is 19.9. The van der Waals surface area contributed by atoms with E-state index in [1.807, 2.05) is 30.5 Å². The average molecular weight is 431 g/mol. The molecule has 1 amide bonds. The molecular weight excluding hydrogens is 408 g/mol. The number of carbonyl (C=O) groups excluding carboxylic acids is 1. The molecule has 10 heteroatoms. The van der Waals surface area contributed by atoms with E-state index in [0.717, 1.165) is 35.3 Å². The molecule has 3 heterocycles. The first-order chi connectivity index (χ1) is 14.3. The summed E-state index contributed by atoms with van der Waals surface area (Å²) < 4.78 is 5.54. The van der Waals surface area contributed by atoms with Gasteiger partial charge in [0.1, 0.15) is 12.1 Å². The lowest BCUT2D eigenvalue weighted by Crippen LogP contribution is -2.40. The van der Waals surface area contributed by atoms with Crippen molar-refractivity contribution in [1.82, 2.24) is 30.0 Å². The second-order valence-corrected chi connectivity index (χ2v) is 8.97. The lowest BCUT2D eigenvalue weighted by atomic mass is 10.1. The van der Waals surface area contributed by atoms with Crippen LogP contribution in [0.2, 0.25) is 0 Å². The molecule has 0 aliphatic carbocycles. The maximum Gasteiger partial charge on any atom is 0.415 e. The summed E-state index contributed by atoms with van der Waals surface area (Å²) in [6.07, 6.45) is 7.55. The van der Waals surface area contributed by atoms with E-state index >= 15 is 0 Å². The number of H-pyrrole nitrogens is 2. The summed E-state index contributed by atoms with van der Waals surface area (Å²) in [6.45, 7) is 1.37. The average Bonchev–Trinajstić information content (AvgIpc) is 3.44. The Balaban J connectivity index is 1.19. The number of likely N-dealkylation sites (tertiary alicyclic amines) is 1. The van der Waals surface area contributed by atoms with Gasteiger partial charge in [0.25, 0.3) is 0 Å². The van der Waals surface area contributed by atoms with Crippen molar-refractivity contribution in [1.29, 1.82) is 0 Å². The lowest BCUT2D eigenvalue weighted by Gasteiger charge is -2.30. The van der Waals surface area contributed by atoms with Gasteiger partial charge in [-0.2, -0.15) is 5.10 Å². The Labute approximate surface area is 177 Å². The van der Waals surface area contributed by atoms with Crippen LogP contribution in [0.25, 0.3) is 0 Å². The molecule has 8 nitrogen and oxygen atoms in total. The second kappa shape index (κ2) is 9.84. The number of piperidine rings is 1. The topological polar surface area (TPSA) is 99.8 Å². The number of thioether (sulfide) groups is 2. The Bertz CT molecular complexity index is 878. The van der Waals surface area contributed by atoms with Crippen LogP contribution in [0.3, 0.4) is 0 Å². The molecule has 1 aromatic carbocycles. The van der Waals surface area contributed by atoms with Crippen LogP contribution in [-0.2, 0) is 6.42 Å². The number of nitrogens with one attached hydrogen (secondary N) is 2. The Morgan fingerprint density at radius 1 is 1.17 bits per heavy atom. The maximum absolute atomic E-state index is 12.4. The number of ether oxygens (including phenoxy) is 1. The van der Waals surface area contributed by atoms with Gasteiger partial charge in [-0.05, 0) is 37.0 Å². The van der Waals surface area contributed by atoms with Gasteiger partial charge in [-0.1, -0.05) is 35.7 Å². The van der Waals surface area contributed by atoms with Crippen molar-refractivity contribution in [2.24, 2.45) is 0 Å². The molecule has 0 saturated carbocycles. The normalized spacial score (nSPS) is 14.8. The van der Waals surface area contributed by atoms with Gasteiger partial charge in [0.15, 0.2) is 10.3 Å². The van der Waals surface area contributed by atoms with Crippen molar-refractivity contribution in [2.45, 2.75) is 34.8 Å². The third-order valence-corrected chi connectivity index (χ3v) is 6.73. The minimum absolute atomic E-state index is 0.283. The quantitative estimate of drug-likeness (QED) is 0.552. The highest BCUT2D eigenvalue weighted by Crippen LogP contribution is 2.28. The van der Waals surface area contributed by atoms with Gasteiger partial charge in [0.05, 0.1) is 0 Å². The second-order valence-electron chi connectivity index (χ2n) is 6.60. The molecular formula is C19H22N6O2S2. The SMILES string of the molecule is O=C(Oc1ccc(CCSc2ncc[nH]2)cc1)N1CCC(Sc2ncn[nH]2)CC1. The Hall–Kier alpha value is -2.46. The van der Waals surface area contributed by atoms with E-state index in [9.17, 15) is 4.79 Å². The third kappa shape index (κ3) is 5.77. The number of nitrogens with zero attached hydrogens (tertiary/aromatic N) is 4. The van der Waals surface area contributed by atoms with Crippen LogP contribution < -0.4 is 4.74 Å².